The van der Waals surface area contributed by atoms with Crippen LogP contribution in [0.1, 0.15) is 5.56 Å². The molecule has 0 aliphatic carbocycles. The van der Waals surface area contributed by atoms with Crippen LogP contribution in [0.5, 0.6) is 11.5 Å². The Bertz CT molecular complexity index is 1010. The zero-order valence-corrected chi connectivity index (χ0v) is 16.9. The standard InChI is InChI=1S/C16H12Br2N4O2S/c1-24-13-7-9(6-12(18)14(13)23)8-19-22-15(20-21-16(22)25)10-4-2-3-5-11(10)17/h2-8,23H,1H3,(H,21,25)/b19-8-. The molecule has 25 heavy (non-hydrogen) atoms. The highest BCUT2D eigenvalue weighted by atomic mass is 79.9. The van der Waals surface area contributed by atoms with E-state index in [9.17, 15) is 5.11 Å². The van der Waals surface area contributed by atoms with Gasteiger partial charge in [-0.3, -0.25) is 0 Å². The molecule has 0 amide bonds. The minimum absolute atomic E-state index is 0.0356. The lowest BCUT2D eigenvalue weighted by Crippen LogP contribution is -1.96. The fourth-order valence-corrected chi connectivity index (χ4v) is 3.27. The van der Waals surface area contributed by atoms with Crippen LogP contribution in [-0.2, 0) is 0 Å². The highest BCUT2D eigenvalue weighted by Gasteiger charge is 2.11. The number of methoxy groups -OCH3 is 1. The second kappa shape index (κ2) is 7.51. The monoisotopic (exact) mass is 482 g/mol. The van der Waals surface area contributed by atoms with Gasteiger partial charge in [-0.1, -0.05) is 28.1 Å². The summed E-state index contributed by atoms with van der Waals surface area (Å²) in [6.45, 7) is 0. The summed E-state index contributed by atoms with van der Waals surface area (Å²) in [6, 6.07) is 11.1. The van der Waals surface area contributed by atoms with Gasteiger partial charge >= 0.3 is 0 Å². The van der Waals surface area contributed by atoms with Gasteiger partial charge in [-0.2, -0.15) is 14.9 Å². The fourth-order valence-electron chi connectivity index (χ4n) is 2.16. The Kier molecular flexibility index (Phi) is 5.36. The molecule has 3 aromatic rings. The Hall–Kier alpha value is -1.97. The van der Waals surface area contributed by atoms with Crippen molar-refractivity contribution in [3.8, 4) is 22.9 Å². The molecule has 1 aromatic heterocycles. The van der Waals surface area contributed by atoms with E-state index in [2.05, 4.69) is 47.2 Å². The minimum atomic E-state index is 0.0356. The summed E-state index contributed by atoms with van der Waals surface area (Å²) >= 11 is 12.1. The van der Waals surface area contributed by atoms with E-state index in [4.69, 9.17) is 17.0 Å². The number of nitrogens with zero attached hydrogens (tertiary/aromatic N) is 3. The molecule has 0 spiro atoms. The van der Waals surface area contributed by atoms with Gasteiger partial charge in [0, 0.05) is 10.0 Å². The van der Waals surface area contributed by atoms with E-state index in [1.807, 2.05) is 24.3 Å². The Morgan fingerprint density at radius 2 is 2.04 bits per heavy atom. The van der Waals surface area contributed by atoms with Gasteiger partial charge in [-0.15, -0.1) is 0 Å². The van der Waals surface area contributed by atoms with Gasteiger partial charge in [0.1, 0.15) is 0 Å². The van der Waals surface area contributed by atoms with Crippen molar-refractivity contribution < 1.29 is 9.84 Å². The maximum atomic E-state index is 9.88. The van der Waals surface area contributed by atoms with Gasteiger partial charge in [0.05, 0.1) is 17.8 Å². The van der Waals surface area contributed by atoms with E-state index in [1.165, 1.54) is 11.8 Å². The van der Waals surface area contributed by atoms with Gasteiger partial charge in [0.2, 0.25) is 4.77 Å². The van der Waals surface area contributed by atoms with Crippen LogP contribution in [-0.4, -0.2) is 33.3 Å². The van der Waals surface area contributed by atoms with Crippen LogP contribution in [0.25, 0.3) is 11.4 Å². The van der Waals surface area contributed by atoms with E-state index in [-0.39, 0.29) is 5.75 Å². The smallest absolute Gasteiger partial charge is 0.216 e. The topological polar surface area (TPSA) is 75.4 Å². The number of nitrogens with one attached hydrogen (secondary N) is 1. The van der Waals surface area contributed by atoms with Gasteiger partial charge in [-0.25, -0.2) is 5.10 Å². The number of hydrogen-bond acceptors (Lipinski definition) is 5. The molecule has 0 saturated carbocycles. The van der Waals surface area contributed by atoms with Gasteiger partial charge in [0.15, 0.2) is 17.3 Å². The summed E-state index contributed by atoms with van der Waals surface area (Å²) in [7, 11) is 1.49. The van der Waals surface area contributed by atoms with Crippen molar-refractivity contribution >= 4 is 50.3 Å². The first-order chi connectivity index (χ1) is 12.0. The molecule has 0 aliphatic rings. The average Bonchev–Trinajstić information content (AvgIpc) is 2.96. The molecule has 0 radical (unpaired) electrons. The maximum absolute atomic E-state index is 9.88. The molecule has 2 N–H and O–H groups in total. The van der Waals surface area contributed by atoms with Crippen molar-refractivity contribution in [1.29, 1.82) is 0 Å². The van der Waals surface area contributed by atoms with Crippen molar-refractivity contribution in [1.82, 2.24) is 14.9 Å². The average molecular weight is 484 g/mol. The molecule has 0 atom stereocenters. The molecular weight excluding hydrogens is 472 g/mol. The molecule has 9 heteroatoms. The molecule has 3 rings (SSSR count). The summed E-state index contributed by atoms with van der Waals surface area (Å²) in [6.07, 6.45) is 1.61. The fraction of sp³-hybridized carbons (Fsp3) is 0.0625. The van der Waals surface area contributed by atoms with Crippen LogP contribution >= 0.6 is 44.1 Å². The molecule has 128 valence electrons. The Morgan fingerprint density at radius 3 is 2.76 bits per heavy atom. The first-order valence-electron chi connectivity index (χ1n) is 7.04. The van der Waals surface area contributed by atoms with E-state index < -0.39 is 0 Å². The van der Waals surface area contributed by atoms with Crippen LogP contribution < -0.4 is 4.74 Å². The van der Waals surface area contributed by atoms with Crippen LogP contribution in [0.4, 0.5) is 0 Å². The number of aromatic nitrogens is 3. The van der Waals surface area contributed by atoms with Crippen molar-refractivity contribution in [3.63, 3.8) is 0 Å². The number of benzene rings is 2. The second-order valence-corrected chi connectivity index (χ2v) is 7.04. The third-order valence-corrected chi connectivity index (χ3v) is 4.92. The molecule has 0 unspecified atom stereocenters. The number of ether oxygens (including phenoxy) is 1. The predicted molar refractivity (Wildman–Crippen MR) is 106 cm³/mol. The van der Waals surface area contributed by atoms with E-state index in [1.54, 1.807) is 18.3 Å². The first-order valence-corrected chi connectivity index (χ1v) is 9.04. The Labute approximate surface area is 165 Å². The first kappa shape index (κ1) is 17.8. The van der Waals surface area contributed by atoms with Gasteiger partial charge < -0.3 is 9.84 Å². The second-order valence-electron chi connectivity index (χ2n) is 4.94. The highest BCUT2D eigenvalue weighted by molar-refractivity contribution is 9.11. The lowest BCUT2D eigenvalue weighted by atomic mass is 10.2. The summed E-state index contributed by atoms with van der Waals surface area (Å²) < 4.78 is 8.43. The van der Waals surface area contributed by atoms with Crippen molar-refractivity contribution in [2.45, 2.75) is 0 Å². The third-order valence-electron chi connectivity index (χ3n) is 3.36. The lowest BCUT2D eigenvalue weighted by Gasteiger charge is -2.06. The summed E-state index contributed by atoms with van der Waals surface area (Å²) in [4.78, 5) is 0. The van der Waals surface area contributed by atoms with Crippen LogP contribution in [0, 0.1) is 4.77 Å². The lowest BCUT2D eigenvalue weighted by molar-refractivity contribution is 0.372. The molecule has 0 aliphatic heterocycles. The van der Waals surface area contributed by atoms with Crippen molar-refractivity contribution in [3.05, 3.63) is 55.7 Å². The summed E-state index contributed by atoms with van der Waals surface area (Å²) in [5.74, 6) is 0.963. The molecule has 0 saturated heterocycles. The van der Waals surface area contributed by atoms with Crippen LogP contribution in [0.3, 0.4) is 0 Å². The minimum Gasteiger partial charge on any atom is -0.503 e. The zero-order chi connectivity index (χ0) is 18.0. The van der Waals surface area contributed by atoms with Gasteiger partial charge in [0.25, 0.3) is 0 Å². The molecule has 6 nitrogen and oxygen atoms in total. The summed E-state index contributed by atoms with van der Waals surface area (Å²) in [5.41, 5.74) is 1.58. The number of aromatic hydroxyl groups is 1. The molecule has 1 heterocycles. The van der Waals surface area contributed by atoms with Gasteiger partial charge in [-0.05, 0) is 58.0 Å². The third kappa shape index (κ3) is 3.68. The number of rotatable bonds is 4. The largest absolute Gasteiger partial charge is 0.503 e. The normalized spacial score (nSPS) is 11.2. The Morgan fingerprint density at radius 1 is 1.28 bits per heavy atom. The molecule has 2 aromatic carbocycles. The van der Waals surface area contributed by atoms with Crippen molar-refractivity contribution in [2.24, 2.45) is 5.10 Å². The van der Waals surface area contributed by atoms with E-state index in [0.717, 1.165) is 15.6 Å². The predicted octanol–water partition coefficient (Wildman–Crippen LogP) is 4.73. The van der Waals surface area contributed by atoms with Crippen LogP contribution in [0.15, 0.2) is 50.4 Å². The highest BCUT2D eigenvalue weighted by Crippen LogP contribution is 2.34. The molecule has 0 fully saturated rings. The van der Waals surface area contributed by atoms with E-state index in [0.29, 0.717) is 20.8 Å². The Balaban J connectivity index is 2.04. The number of halogens is 2. The van der Waals surface area contributed by atoms with E-state index >= 15 is 0 Å². The molecular formula is C16H12Br2N4O2S. The SMILES string of the molecule is COc1cc(/C=N\n2c(-c3ccccc3Br)n[nH]c2=S)cc(Br)c1O. The quantitative estimate of drug-likeness (QED) is 0.415. The number of aromatic amines is 1. The summed E-state index contributed by atoms with van der Waals surface area (Å²) in [5, 5.41) is 21.3. The number of phenolic OH excluding ortho intramolecular Hbond substituents is 1. The number of hydrogen-bond donors (Lipinski definition) is 2. The molecule has 0 bridgehead atoms. The zero-order valence-electron chi connectivity index (χ0n) is 12.9. The van der Waals surface area contributed by atoms with Crippen LogP contribution in [0.2, 0.25) is 0 Å². The number of H-pyrrole nitrogens is 1. The number of phenols is 1. The van der Waals surface area contributed by atoms with Crippen molar-refractivity contribution in [2.75, 3.05) is 7.11 Å². The maximum Gasteiger partial charge on any atom is 0.216 e.